The first kappa shape index (κ1) is 13.3. The summed E-state index contributed by atoms with van der Waals surface area (Å²) in [6, 6.07) is 4.80. The maximum absolute atomic E-state index is 5.71. The van der Waals surface area contributed by atoms with Gasteiger partial charge >= 0.3 is 0 Å². The summed E-state index contributed by atoms with van der Waals surface area (Å²) in [4.78, 5) is 0. The SMILES string of the molecule is CCc1ccc([C@H](C)N[C@H](C)CCOC)o1. The van der Waals surface area contributed by atoms with E-state index in [0.717, 1.165) is 31.0 Å². The minimum absolute atomic E-state index is 0.257. The molecule has 0 fully saturated rings. The van der Waals surface area contributed by atoms with Crippen LogP contribution in [0.15, 0.2) is 16.5 Å². The summed E-state index contributed by atoms with van der Waals surface area (Å²) in [6.45, 7) is 7.18. The third-order valence-corrected chi connectivity index (χ3v) is 2.75. The summed E-state index contributed by atoms with van der Waals surface area (Å²) in [5.41, 5.74) is 0. The Bertz CT molecular complexity index is 296. The monoisotopic (exact) mass is 225 g/mol. The summed E-state index contributed by atoms with van der Waals surface area (Å²) in [6.07, 6.45) is 1.97. The Balaban J connectivity index is 2.41. The van der Waals surface area contributed by atoms with Crippen LogP contribution in [0.1, 0.15) is 44.8 Å². The van der Waals surface area contributed by atoms with Gasteiger partial charge in [0.15, 0.2) is 0 Å². The van der Waals surface area contributed by atoms with Crippen LogP contribution in [-0.4, -0.2) is 19.8 Å². The van der Waals surface area contributed by atoms with Crippen molar-refractivity contribution in [3.63, 3.8) is 0 Å². The van der Waals surface area contributed by atoms with E-state index in [4.69, 9.17) is 9.15 Å². The normalized spacial score (nSPS) is 15.0. The van der Waals surface area contributed by atoms with Gasteiger partial charge in [-0.2, -0.15) is 0 Å². The Morgan fingerprint density at radius 2 is 2.12 bits per heavy atom. The Labute approximate surface area is 98.2 Å². The lowest BCUT2D eigenvalue weighted by atomic mass is 10.2. The van der Waals surface area contributed by atoms with Crippen LogP contribution in [0, 0.1) is 0 Å². The van der Waals surface area contributed by atoms with Gasteiger partial charge in [0.05, 0.1) is 6.04 Å². The van der Waals surface area contributed by atoms with Crippen molar-refractivity contribution in [2.75, 3.05) is 13.7 Å². The predicted octanol–water partition coefficient (Wildman–Crippen LogP) is 2.92. The lowest BCUT2D eigenvalue weighted by Gasteiger charge is -2.18. The molecule has 1 aromatic rings. The van der Waals surface area contributed by atoms with E-state index in [1.807, 2.05) is 6.07 Å². The highest BCUT2D eigenvalue weighted by molar-refractivity contribution is 5.10. The van der Waals surface area contributed by atoms with Crippen molar-refractivity contribution in [1.82, 2.24) is 5.32 Å². The molecule has 0 aliphatic carbocycles. The van der Waals surface area contributed by atoms with E-state index >= 15 is 0 Å². The fraction of sp³-hybridized carbons (Fsp3) is 0.692. The van der Waals surface area contributed by atoms with Crippen LogP contribution in [0.4, 0.5) is 0 Å². The number of ether oxygens (including phenoxy) is 1. The van der Waals surface area contributed by atoms with Gasteiger partial charge in [-0.05, 0) is 32.4 Å². The number of rotatable bonds is 7. The largest absolute Gasteiger partial charge is 0.464 e. The maximum atomic E-state index is 5.71. The van der Waals surface area contributed by atoms with E-state index in [1.54, 1.807) is 7.11 Å². The van der Waals surface area contributed by atoms with E-state index in [0.29, 0.717) is 6.04 Å². The zero-order valence-corrected chi connectivity index (χ0v) is 10.7. The molecule has 1 aromatic heterocycles. The summed E-state index contributed by atoms with van der Waals surface area (Å²) in [7, 11) is 1.73. The molecule has 3 heteroatoms. The van der Waals surface area contributed by atoms with Gasteiger partial charge in [0.2, 0.25) is 0 Å². The van der Waals surface area contributed by atoms with Gasteiger partial charge in [-0.15, -0.1) is 0 Å². The zero-order chi connectivity index (χ0) is 12.0. The molecule has 92 valence electrons. The van der Waals surface area contributed by atoms with Crippen molar-refractivity contribution in [3.8, 4) is 0 Å². The molecular formula is C13H23NO2. The smallest absolute Gasteiger partial charge is 0.120 e. The second-order valence-electron chi connectivity index (χ2n) is 4.23. The first-order valence-electron chi connectivity index (χ1n) is 6.01. The molecule has 0 unspecified atom stereocenters. The lowest BCUT2D eigenvalue weighted by Crippen LogP contribution is -2.29. The predicted molar refractivity (Wildman–Crippen MR) is 65.6 cm³/mol. The second-order valence-corrected chi connectivity index (χ2v) is 4.23. The third-order valence-electron chi connectivity index (χ3n) is 2.75. The first-order chi connectivity index (χ1) is 7.67. The highest BCUT2D eigenvalue weighted by Gasteiger charge is 2.12. The van der Waals surface area contributed by atoms with E-state index in [1.165, 1.54) is 0 Å². The molecular weight excluding hydrogens is 202 g/mol. The number of hydrogen-bond donors (Lipinski definition) is 1. The van der Waals surface area contributed by atoms with Crippen molar-refractivity contribution >= 4 is 0 Å². The average molecular weight is 225 g/mol. The van der Waals surface area contributed by atoms with Crippen molar-refractivity contribution in [3.05, 3.63) is 23.7 Å². The van der Waals surface area contributed by atoms with Gasteiger partial charge < -0.3 is 14.5 Å². The van der Waals surface area contributed by atoms with Crippen LogP contribution in [0.5, 0.6) is 0 Å². The van der Waals surface area contributed by atoms with Crippen molar-refractivity contribution in [1.29, 1.82) is 0 Å². The van der Waals surface area contributed by atoms with Crippen molar-refractivity contribution < 1.29 is 9.15 Å². The van der Waals surface area contributed by atoms with E-state index in [2.05, 4.69) is 32.2 Å². The first-order valence-corrected chi connectivity index (χ1v) is 6.01. The Morgan fingerprint density at radius 1 is 1.38 bits per heavy atom. The second kappa shape index (κ2) is 6.71. The highest BCUT2D eigenvalue weighted by atomic mass is 16.5. The van der Waals surface area contributed by atoms with Gasteiger partial charge in [-0.3, -0.25) is 0 Å². The number of methoxy groups -OCH3 is 1. The molecule has 1 rings (SSSR count). The van der Waals surface area contributed by atoms with Gasteiger partial charge in [0.1, 0.15) is 11.5 Å². The minimum atomic E-state index is 0.257. The van der Waals surface area contributed by atoms with Crippen LogP contribution < -0.4 is 5.32 Å². The lowest BCUT2D eigenvalue weighted by molar-refractivity contribution is 0.182. The maximum Gasteiger partial charge on any atom is 0.120 e. The van der Waals surface area contributed by atoms with Gasteiger partial charge in [-0.25, -0.2) is 0 Å². The quantitative estimate of drug-likeness (QED) is 0.774. The molecule has 0 saturated carbocycles. The van der Waals surface area contributed by atoms with Crippen molar-refractivity contribution in [2.24, 2.45) is 0 Å². The molecule has 0 radical (unpaired) electrons. The summed E-state index contributed by atoms with van der Waals surface area (Å²) >= 11 is 0. The van der Waals surface area contributed by atoms with E-state index < -0.39 is 0 Å². The van der Waals surface area contributed by atoms with Crippen LogP contribution in [0.2, 0.25) is 0 Å². The molecule has 1 N–H and O–H groups in total. The van der Waals surface area contributed by atoms with E-state index in [-0.39, 0.29) is 6.04 Å². The van der Waals surface area contributed by atoms with Gasteiger partial charge in [0.25, 0.3) is 0 Å². The molecule has 0 amide bonds. The molecule has 3 nitrogen and oxygen atoms in total. The van der Waals surface area contributed by atoms with Gasteiger partial charge in [-0.1, -0.05) is 6.92 Å². The average Bonchev–Trinajstić information content (AvgIpc) is 2.74. The number of aryl methyl sites for hydroxylation is 1. The summed E-state index contributed by atoms with van der Waals surface area (Å²) in [5, 5.41) is 3.49. The molecule has 0 bridgehead atoms. The number of furan rings is 1. The molecule has 0 spiro atoms. The summed E-state index contributed by atoms with van der Waals surface area (Å²) in [5.74, 6) is 2.06. The Kier molecular flexibility index (Phi) is 5.56. The topological polar surface area (TPSA) is 34.4 Å². The van der Waals surface area contributed by atoms with Crippen LogP contribution >= 0.6 is 0 Å². The Morgan fingerprint density at radius 3 is 2.69 bits per heavy atom. The van der Waals surface area contributed by atoms with Crippen LogP contribution in [-0.2, 0) is 11.2 Å². The van der Waals surface area contributed by atoms with E-state index in [9.17, 15) is 0 Å². The number of nitrogens with one attached hydrogen (secondary N) is 1. The van der Waals surface area contributed by atoms with Crippen LogP contribution in [0.25, 0.3) is 0 Å². The zero-order valence-electron chi connectivity index (χ0n) is 10.7. The third kappa shape index (κ3) is 3.99. The molecule has 0 saturated heterocycles. The number of hydrogen-bond acceptors (Lipinski definition) is 3. The molecule has 2 atom stereocenters. The molecule has 1 heterocycles. The molecule has 0 aromatic carbocycles. The highest BCUT2D eigenvalue weighted by Crippen LogP contribution is 2.17. The molecule has 0 aliphatic heterocycles. The fourth-order valence-electron chi connectivity index (χ4n) is 1.70. The fourth-order valence-corrected chi connectivity index (χ4v) is 1.70. The Hall–Kier alpha value is -0.800. The molecule has 16 heavy (non-hydrogen) atoms. The van der Waals surface area contributed by atoms with Gasteiger partial charge in [0, 0.05) is 26.2 Å². The minimum Gasteiger partial charge on any atom is -0.464 e. The van der Waals surface area contributed by atoms with Crippen molar-refractivity contribution in [2.45, 2.75) is 45.7 Å². The standard InChI is InChI=1S/C13H23NO2/c1-5-12-6-7-13(16-12)11(3)14-10(2)8-9-15-4/h6-7,10-11,14H,5,8-9H2,1-4H3/t10-,11+/m1/s1. The molecule has 0 aliphatic rings. The van der Waals surface area contributed by atoms with Crippen LogP contribution in [0.3, 0.4) is 0 Å². The summed E-state index contributed by atoms with van der Waals surface area (Å²) < 4.78 is 10.8.